The predicted molar refractivity (Wildman–Crippen MR) is 80.5 cm³/mol. The first-order valence-corrected chi connectivity index (χ1v) is 6.62. The van der Waals surface area contributed by atoms with E-state index < -0.39 is 0 Å². The van der Waals surface area contributed by atoms with E-state index in [1.165, 1.54) is 10.7 Å². The van der Waals surface area contributed by atoms with Crippen LogP contribution in [0.2, 0.25) is 0 Å². The zero-order chi connectivity index (χ0) is 15.5. The molecule has 2 heterocycles. The molecule has 5 nitrogen and oxygen atoms in total. The number of rotatable bonds is 3. The highest BCUT2D eigenvalue weighted by Crippen LogP contribution is 2.24. The van der Waals surface area contributed by atoms with Crippen LogP contribution in [0.25, 0.3) is 5.69 Å². The van der Waals surface area contributed by atoms with Crippen molar-refractivity contribution in [2.45, 2.75) is 6.92 Å². The molecule has 0 atom stereocenters. The molecule has 2 aromatic heterocycles. The Balaban J connectivity index is 1.98. The minimum atomic E-state index is -0.351. The van der Waals surface area contributed by atoms with Gasteiger partial charge in [0.2, 0.25) is 0 Å². The second-order valence-corrected chi connectivity index (χ2v) is 4.64. The molecule has 0 saturated carbocycles. The Kier molecular flexibility index (Phi) is 3.54. The predicted octanol–water partition coefficient (Wildman–Crippen LogP) is 3.33. The number of nitriles is 1. The van der Waals surface area contributed by atoms with Crippen molar-refractivity contribution in [3.8, 4) is 11.8 Å². The summed E-state index contributed by atoms with van der Waals surface area (Å²) in [5.74, 6) is 0.0944. The molecule has 0 radical (unpaired) electrons. The molecule has 22 heavy (non-hydrogen) atoms. The number of nitrogens with zero attached hydrogens (tertiary/aromatic N) is 4. The molecule has 108 valence electrons. The van der Waals surface area contributed by atoms with Gasteiger partial charge in [0.1, 0.15) is 23.4 Å². The van der Waals surface area contributed by atoms with Crippen molar-refractivity contribution < 1.29 is 4.39 Å². The summed E-state index contributed by atoms with van der Waals surface area (Å²) >= 11 is 0. The summed E-state index contributed by atoms with van der Waals surface area (Å²) in [6.45, 7) is 1.82. The van der Waals surface area contributed by atoms with E-state index >= 15 is 0 Å². The molecule has 0 aliphatic rings. The van der Waals surface area contributed by atoms with Gasteiger partial charge in [0, 0.05) is 6.20 Å². The Morgan fingerprint density at radius 2 is 2.05 bits per heavy atom. The quantitative estimate of drug-likeness (QED) is 0.804. The Morgan fingerprint density at radius 3 is 2.82 bits per heavy atom. The molecular weight excluding hydrogens is 281 g/mol. The lowest BCUT2D eigenvalue weighted by molar-refractivity contribution is 0.608. The summed E-state index contributed by atoms with van der Waals surface area (Å²) in [6, 6.07) is 11.9. The van der Waals surface area contributed by atoms with Crippen LogP contribution in [0.15, 0.2) is 48.8 Å². The van der Waals surface area contributed by atoms with E-state index in [0.717, 1.165) is 5.69 Å². The van der Waals surface area contributed by atoms with Crippen molar-refractivity contribution in [1.29, 1.82) is 5.26 Å². The van der Waals surface area contributed by atoms with Crippen LogP contribution in [0.5, 0.6) is 0 Å². The average molecular weight is 293 g/mol. The van der Waals surface area contributed by atoms with Gasteiger partial charge in [0.25, 0.3) is 0 Å². The fourth-order valence-electron chi connectivity index (χ4n) is 2.12. The first-order valence-electron chi connectivity index (χ1n) is 6.62. The molecule has 0 spiro atoms. The zero-order valence-corrected chi connectivity index (χ0v) is 11.8. The first kappa shape index (κ1) is 13.8. The van der Waals surface area contributed by atoms with E-state index in [4.69, 9.17) is 5.26 Å². The lowest BCUT2D eigenvalue weighted by atomic mass is 10.2. The molecule has 0 unspecified atom stereocenters. The maximum atomic E-state index is 13.9. The normalized spacial score (nSPS) is 10.2. The summed E-state index contributed by atoms with van der Waals surface area (Å²) in [5.41, 5.74) is 2.19. The highest BCUT2D eigenvalue weighted by Gasteiger charge is 2.12. The van der Waals surface area contributed by atoms with E-state index in [-0.39, 0.29) is 5.82 Å². The second kappa shape index (κ2) is 5.66. The van der Waals surface area contributed by atoms with E-state index in [9.17, 15) is 4.39 Å². The molecule has 0 bridgehead atoms. The number of aromatic nitrogens is 3. The van der Waals surface area contributed by atoms with Gasteiger partial charge in [0.05, 0.1) is 23.1 Å². The summed E-state index contributed by atoms with van der Waals surface area (Å²) in [4.78, 5) is 4.14. The van der Waals surface area contributed by atoms with E-state index in [0.29, 0.717) is 22.8 Å². The largest absolute Gasteiger partial charge is 0.336 e. The monoisotopic (exact) mass is 293 g/mol. The van der Waals surface area contributed by atoms with Crippen LogP contribution in [0, 0.1) is 24.1 Å². The number of pyridine rings is 1. The van der Waals surface area contributed by atoms with Crippen LogP contribution in [0.3, 0.4) is 0 Å². The number of benzene rings is 1. The van der Waals surface area contributed by atoms with Crippen molar-refractivity contribution in [1.82, 2.24) is 14.8 Å². The maximum Gasteiger partial charge on any atom is 0.148 e. The number of nitrogens with one attached hydrogen (secondary N) is 1. The molecule has 1 N–H and O–H groups in total. The Labute approximate surface area is 126 Å². The third-order valence-electron chi connectivity index (χ3n) is 3.27. The van der Waals surface area contributed by atoms with E-state index in [2.05, 4.69) is 21.5 Å². The molecule has 0 amide bonds. The lowest BCUT2D eigenvalue weighted by Crippen LogP contribution is -2.03. The van der Waals surface area contributed by atoms with Gasteiger partial charge >= 0.3 is 0 Å². The molecule has 0 saturated heterocycles. The van der Waals surface area contributed by atoms with Gasteiger partial charge in [-0.3, -0.25) is 0 Å². The fourth-order valence-corrected chi connectivity index (χ4v) is 2.12. The number of para-hydroxylation sites is 1. The SMILES string of the molecule is Cc1c(Nc2ncccc2C#N)cnn1-c1ccccc1F. The van der Waals surface area contributed by atoms with Crippen molar-refractivity contribution in [2.75, 3.05) is 5.32 Å². The van der Waals surface area contributed by atoms with Gasteiger partial charge in [-0.25, -0.2) is 14.1 Å². The molecular formula is C16H12FN5. The van der Waals surface area contributed by atoms with Gasteiger partial charge in [-0.05, 0) is 31.2 Å². The Hall–Kier alpha value is -3.20. The van der Waals surface area contributed by atoms with Crippen LogP contribution in [0.1, 0.15) is 11.3 Å². The average Bonchev–Trinajstić information content (AvgIpc) is 2.89. The van der Waals surface area contributed by atoms with Crippen LogP contribution >= 0.6 is 0 Å². The molecule has 1 aromatic carbocycles. The van der Waals surface area contributed by atoms with Gasteiger partial charge in [-0.15, -0.1) is 0 Å². The lowest BCUT2D eigenvalue weighted by Gasteiger charge is -2.08. The van der Waals surface area contributed by atoms with Crippen LogP contribution in [0.4, 0.5) is 15.9 Å². The van der Waals surface area contributed by atoms with Crippen LogP contribution in [-0.2, 0) is 0 Å². The summed E-state index contributed by atoms with van der Waals surface area (Å²) in [6.07, 6.45) is 3.18. The molecule has 0 fully saturated rings. The topological polar surface area (TPSA) is 66.5 Å². The Morgan fingerprint density at radius 1 is 1.23 bits per heavy atom. The van der Waals surface area contributed by atoms with Crippen molar-refractivity contribution in [2.24, 2.45) is 0 Å². The molecule has 3 rings (SSSR count). The van der Waals surface area contributed by atoms with E-state index in [1.807, 2.05) is 6.92 Å². The maximum absolute atomic E-state index is 13.9. The summed E-state index contributed by atoms with van der Waals surface area (Å²) in [7, 11) is 0. The van der Waals surface area contributed by atoms with Gasteiger partial charge in [-0.2, -0.15) is 10.4 Å². The smallest absolute Gasteiger partial charge is 0.148 e. The molecule has 6 heteroatoms. The van der Waals surface area contributed by atoms with Gasteiger partial charge in [0.15, 0.2) is 0 Å². The fraction of sp³-hybridized carbons (Fsp3) is 0.0625. The standard InChI is InChI=1S/C16H12FN5/c1-11-14(21-16-12(9-18)5-4-8-19-16)10-20-22(11)15-7-3-2-6-13(15)17/h2-8,10H,1H3,(H,19,21). The number of hydrogen-bond donors (Lipinski definition) is 1. The minimum Gasteiger partial charge on any atom is -0.336 e. The van der Waals surface area contributed by atoms with Crippen molar-refractivity contribution in [3.05, 3.63) is 65.9 Å². The van der Waals surface area contributed by atoms with Crippen LogP contribution < -0.4 is 5.32 Å². The molecule has 0 aliphatic carbocycles. The first-order chi connectivity index (χ1) is 10.7. The molecule has 3 aromatic rings. The zero-order valence-electron chi connectivity index (χ0n) is 11.8. The number of hydrogen-bond acceptors (Lipinski definition) is 4. The third-order valence-corrected chi connectivity index (χ3v) is 3.27. The Bertz CT molecular complexity index is 863. The number of anilines is 2. The summed E-state index contributed by atoms with van der Waals surface area (Å²) in [5, 5.41) is 16.3. The highest BCUT2D eigenvalue weighted by molar-refractivity contribution is 5.64. The third kappa shape index (κ3) is 2.40. The van der Waals surface area contributed by atoms with Gasteiger partial charge < -0.3 is 5.32 Å². The second-order valence-electron chi connectivity index (χ2n) is 4.64. The van der Waals surface area contributed by atoms with Gasteiger partial charge in [-0.1, -0.05) is 12.1 Å². The molecule has 0 aliphatic heterocycles. The van der Waals surface area contributed by atoms with Crippen molar-refractivity contribution in [3.63, 3.8) is 0 Å². The minimum absolute atomic E-state index is 0.351. The van der Waals surface area contributed by atoms with Crippen LogP contribution in [-0.4, -0.2) is 14.8 Å². The van der Waals surface area contributed by atoms with Crippen molar-refractivity contribution >= 4 is 11.5 Å². The van der Waals surface area contributed by atoms with E-state index in [1.54, 1.807) is 42.7 Å². The highest BCUT2D eigenvalue weighted by atomic mass is 19.1. The number of halogens is 1. The summed E-state index contributed by atoms with van der Waals surface area (Å²) < 4.78 is 15.4.